The molecular formula is C44H70N2O9S. The fourth-order valence-electron chi connectivity index (χ4n) is 4.58. The van der Waals surface area contributed by atoms with E-state index in [-0.39, 0.29) is 37.9 Å². The molecule has 11 nitrogen and oxygen atoms in total. The number of carbonyl (C=O) groups is 1. The molecule has 0 aliphatic carbocycles. The summed E-state index contributed by atoms with van der Waals surface area (Å²) in [5.74, 6) is 3.64. The lowest BCUT2D eigenvalue weighted by Gasteiger charge is -2.18. The maximum Gasteiger partial charge on any atom is 0.264 e. The van der Waals surface area contributed by atoms with Gasteiger partial charge in [-0.3, -0.25) is 13.9 Å². The maximum absolute atomic E-state index is 10.6. The lowest BCUT2D eigenvalue weighted by Crippen LogP contribution is -2.39. The highest BCUT2D eigenvalue weighted by Crippen LogP contribution is 2.30. The number of nitrogens with one attached hydrogen (secondary N) is 1. The van der Waals surface area contributed by atoms with Crippen LogP contribution in [-0.2, 0) is 23.8 Å². The second-order valence-corrected chi connectivity index (χ2v) is 18.1. The van der Waals surface area contributed by atoms with Gasteiger partial charge in [-0.25, -0.2) is 0 Å². The van der Waals surface area contributed by atoms with Crippen molar-refractivity contribution in [3.05, 3.63) is 77.9 Å². The normalized spacial score (nSPS) is 13.7. The van der Waals surface area contributed by atoms with Gasteiger partial charge in [0.15, 0.2) is 0 Å². The number of ether oxygens (including phenoxy) is 3. The predicted molar refractivity (Wildman–Crippen MR) is 228 cm³/mol. The van der Waals surface area contributed by atoms with Crippen LogP contribution in [0.2, 0.25) is 0 Å². The Balaban J connectivity index is 0.000000970. The molecule has 12 heteroatoms. The van der Waals surface area contributed by atoms with E-state index >= 15 is 0 Å². The first-order valence-electron chi connectivity index (χ1n) is 18.8. The second-order valence-electron chi connectivity index (χ2n) is 16.5. The number of hydrogen-bond donors (Lipinski definition) is 3. The summed E-state index contributed by atoms with van der Waals surface area (Å²) in [6.45, 7) is 30.4. The molecule has 56 heavy (non-hydrogen) atoms. The molecule has 0 bridgehead atoms. The number of allylic oxidation sites excluding steroid dienone is 1. The zero-order valence-electron chi connectivity index (χ0n) is 36.2. The van der Waals surface area contributed by atoms with E-state index in [1.54, 1.807) is 20.8 Å². The van der Waals surface area contributed by atoms with Crippen LogP contribution in [0.15, 0.2) is 66.8 Å². The highest BCUT2D eigenvalue weighted by atomic mass is 32.2. The number of hydrogen-bond acceptors (Lipinski definition) is 10. The van der Waals surface area contributed by atoms with Crippen molar-refractivity contribution in [2.45, 2.75) is 118 Å². The Hall–Kier alpha value is -3.70. The average molecular weight is 803 g/mol. The molecule has 1 aliphatic heterocycles. The SMILES string of the molecule is C#CCOCC(O)COc1ccc(C(=C(C)C)c2ccc(OCC(O)CC)cc2)cc1.C=CC(=O)NC(C)(C)C.CC(C)(C)N1CC1.CC(C)(C)OS(C)(=O)=O. The van der Waals surface area contributed by atoms with E-state index < -0.39 is 27.9 Å². The van der Waals surface area contributed by atoms with Crippen LogP contribution in [0.25, 0.3) is 5.57 Å². The summed E-state index contributed by atoms with van der Waals surface area (Å²) in [4.78, 5) is 13.0. The summed E-state index contributed by atoms with van der Waals surface area (Å²) in [6, 6.07) is 15.7. The van der Waals surface area contributed by atoms with Crippen LogP contribution in [0.1, 0.15) is 101 Å². The molecule has 1 heterocycles. The standard InChI is InChI=1S/C26H32O5.C7H13NO.C6H13N.C5H12O3S/c1-5-15-29-16-23(28)18-31-25-13-9-21(10-14-25)26(19(3)4)20-7-11-24(12-8-20)30-17-22(27)6-2;1-5-6(9)8-7(2,3)4;1-6(2,3)7-4-5-7;1-5(2,3)8-9(4,6)7/h1,7-14,22-23,27-28H,6,15-18H2,2-4H3;5H,1H2,2-4H3,(H,8,9);4-5H2,1-3H3;1-4H3. The zero-order chi connectivity index (χ0) is 43.3. The Morgan fingerprint density at radius 1 is 0.875 bits per heavy atom. The van der Waals surface area contributed by atoms with Crippen LogP contribution >= 0.6 is 0 Å². The molecule has 316 valence electrons. The van der Waals surface area contributed by atoms with Crippen LogP contribution < -0.4 is 14.8 Å². The first kappa shape index (κ1) is 52.3. The van der Waals surface area contributed by atoms with Crippen molar-refractivity contribution < 1.29 is 41.8 Å². The second kappa shape index (κ2) is 24.8. The van der Waals surface area contributed by atoms with Crippen LogP contribution in [-0.4, -0.2) is 104 Å². The van der Waals surface area contributed by atoms with Gasteiger partial charge in [-0.1, -0.05) is 49.3 Å². The maximum atomic E-state index is 10.6. The minimum Gasteiger partial charge on any atom is -0.491 e. The molecule has 2 atom stereocenters. The Morgan fingerprint density at radius 2 is 1.32 bits per heavy atom. The fraction of sp³-hybridized carbons (Fsp3) is 0.568. The molecule has 3 rings (SSSR count). The summed E-state index contributed by atoms with van der Waals surface area (Å²) in [6.07, 6.45) is 6.90. The Kier molecular flexibility index (Phi) is 23.2. The largest absolute Gasteiger partial charge is 0.491 e. The number of rotatable bonds is 14. The summed E-state index contributed by atoms with van der Waals surface area (Å²) >= 11 is 0. The van der Waals surface area contributed by atoms with Gasteiger partial charge >= 0.3 is 0 Å². The Labute approximate surface area is 338 Å². The molecule has 2 aromatic carbocycles. The highest BCUT2D eigenvalue weighted by Gasteiger charge is 2.29. The van der Waals surface area contributed by atoms with Crippen LogP contribution in [0.5, 0.6) is 11.5 Å². The number of nitrogens with zero attached hydrogens (tertiary/aromatic N) is 1. The van der Waals surface area contributed by atoms with E-state index in [0.717, 1.165) is 28.7 Å². The van der Waals surface area contributed by atoms with E-state index in [4.69, 9.17) is 20.6 Å². The smallest absolute Gasteiger partial charge is 0.264 e. The predicted octanol–water partition coefficient (Wildman–Crippen LogP) is 7.02. The molecule has 2 unspecified atom stereocenters. The van der Waals surface area contributed by atoms with Gasteiger partial charge in [0.1, 0.15) is 37.4 Å². The molecule has 1 saturated heterocycles. The van der Waals surface area contributed by atoms with E-state index in [0.29, 0.717) is 17.7 Å². The van der Waals surface area contributed by atoms with Gasteiger partial charge in [0.25, 0.3) is 10.1 Å². The fourth-order valence-corrected chi connectivity index (χ4v) is 5.49. The van der Waals surface area contributed by atoms with Crippen molar-refractivity contribution in [1.29, 1.82) is 0 Å². The van der Waals surface area contributed by atoms with Gasteiger partial charge in [-0.15, -0.1) is 6.42 Å². The lowest BCUT2D eigenvalue weighted by atomic mass is 9.94. The third-order valence-corrected chi connectivity index (χ3v) is 7.92. The molecule has 2 aromatic rings. The molecule has 3 N–H and O–H groups in total. The van der Waals surface area contributed by atoms with Crippen molar-refractivity contribution in [2.75, 3.05) is 45.8 Å². The number of terminal acetylenes is 1. The van der Waals surface area contributed by atoms with Gasteiger partial charge in [0.2, 0.25) is 5.91 Å². The molecule has 0 aromatic heterocycles. The van der Waals surface area contributed by atoms with Gasteiger partial charge < -0.3 is 29.7 Å². The van der Waals surface area contributed by atoms with Crippen molar-refractivity contribution in [1.82, 2.24) is 10.2 Å². The third kappa shape index (κ3) is 27.0. The monoisotopic (exact) mass is 802 g/mol. The summed E-state index contributed by atoms with van der Waals surface area (Å²) in [5, 5.41) is 22.2. The van der Waals surface area contributed by atoms with Gasteiger partial charge in [0, 0.05) is 24.2 Å². The molecule has 0 spiro atoms. The molecular weight excluding hydrogens is 733 g/mol. The lowest BCUT2D eigenvalue weighted by molar-refractivity contribution is -0.117. The highest BCUT2D eigenvalue weighted by molar-refractivity contribution is 7.86. The van der Waals surface area contributed by atoms with Crippen molar-refractivity contribution in [3.63, 3.8) is 0 Å². The van der Waals surface area contributed by atoms with E-state index in [1.165, 1.54) is 24.7 Å². The minimum absolute atomic E-state index is 0.123. The van der Waals surface area contributed by atoms with Crippen LogP contribution in [0.4, 0.5) is 0 Å². The molecule has 1 aliphatic rings. The van der Waals surface area contributed by atoms with Crippen molar-refractivity contribution >= 4 is 21.6 Å². The molecule has 1 fully saturated rings. The Bertz CT molecular complexity index is 1620. The number of aliphatic hydroxyl groups is 2. The first-order chi connectivity index (χ1) is 25.7. The van der Waals surface area contributed by atoms with Gasteiger partial charge in [0.05, 0.1) is 24.6 Å². The molecule has 0 saturated carbocycles. The van der Waals surface area contributed by atoms with E-state index in [1.807, 2.05) is 76.2 Å². The third-order valence-electron chi connectivity index (χ3n) is 7.12. The van der Waals surface area contributed by atoms with Crippen molar-refractivity contribution in [2.24, 2.45) is 0 Å². The number of carbonyl (C=O) groups excluding carboxylic acids is 1. The minimum atomic E-state index is -3.28. The first-order valence-corrected chi connectivity index (χ1v) is 20.6. The van der Waals surface area contributed by atoms with E-state index in [9.17, 15) is 23.4 Å². The molecule has 0 radical (unpaired) electrons. The van der Waals surface area contributed by atoms with Gasteiger partial charge in [-0.05, 0) is 130 Å². The Morgan fingerprint density at radius 3 is 1.57 bits per heavy atom. The van der Waals surface area contributed by atoms with Crippen molar-refractivity contribution in [3.8, 4) is 23.8 Å². The summed E-state index contributed by atoms with van der Waals surface area (Å²) in [7, 11) is -3.28. The topological polar surface area (TPSA) is 144 Å². The van der Waals surface area contributed by atoms with E-state index in [2.05, 4.69) is 61.5 Å². The van der Waals surface area contributed by atoms with Gasteiger partial charge in [-0.2, -0.15) is 8.42 Å². The average Bonchev–Trinajstić information content (AvgIpc) is 3.93. The summed E-state index contributed by atoms with van der Waals surface area (Å²) in [5.41, 5.74) is 4.16. The molecule has 1 amide bonds. The number of amides is 1. The number of benzene rings is 2. The summed E-state index contributed by atoms with van der Waals surface area (Å²) < 4.78 is 41.8. The zero-order valence-corrected chi connectivity index (χ0v) is 37.0. The number of aliphatic hydroxyl groups excluding tert-OH is 2. The quantitative estimate of drug-likeness (QED) is 0.0600. The van der Waals surface area contributed by atoms with Crippen LogP contribution in [0, 0.1) is 12.3 Å². The van der Waals surface area contributed by atoms with Crippen LogP contribution in [0.3, 0.4) is 0 Å².